The van der Waals surface area contributed by atoms with Crippen molar-refractivity contribution in [1.82, 2.24) is 0 Å². The molecule has 4 aliphatic rings. The van der Waals surface area contributed by atoms with E-state index in [-0.39, 0.29) is 23.8 Å². The summed E-state index contributed by atoms with van der Waals surface area (Å²) in [4.78, 5) is 34.0. The third-order valence-corrected chi connectivity index (χ3v) is 7.50. The van der Waals surface area contributed by atoms with E-state index < -0.39 is 0 Å². The van der Waals surface area contributed by atoms with E-state index in [1.807, 2.05) is 0 Å². The molecule has 0 aromatic rings. The van der Waals surface area contributed by atoms with Crippen LogP contribution in [0.4, 0.5) is 0 Å². The van der Waals surface area contributed by atoms with E-state index in [2.05, 4.69) is 0 Å². The molecule has 0 saturated heterocycles. The van der Waals surface area contributed by atoms with Crippen LogP contribution in [-0.2, 0) is 23.9 Å². The summed E-state index contributed by atoms with van der Waals surface area (Å²) in [6, 6.07) is 0. The number of carbonyl (C=O) groups is 3. The molecular formula is C19H26O5. The zero-order chi connectivity index (χ0) is 17.0. The maximum Gasteiger partial charge on any atom is 0.302 e. The minimum atomic E-state index is -0.251. The molecule has 4 rings (SSSR count). The third-order valence-electron chi connectivity index (χ3n) is 7.50. The summed E-state index contributed by atoms with van der Waals surface area (Å²) in [7, 11) is 0. The van der Waals surface area contributed by atoms with E-state index in [1.165, 1.54) is 26.6 Å². The van der Waals surface area contributed by atoms with Gasteiger partial charge in [-0.15, -0.1) is 0 Å². The Hall–Kier alpha value is -1.39. The molecule has 9 atom stereocenters. The molecule has 0 aromatic heterocycles. The Balaban J connectivity index is 1.55. The third kappa shape index (κ3) is 2.31. The number of fused-ring (bicyclic) bond motifs is 9. The molecule has 5 heteroatoms. The summed E-state index contributed by atoms with van der Waals surface area (Å²) < 4.78 is 10.7. The predicted molar refractivity (Wildman–Crippen MR) is 84.6 cm³/mol. The molecule has 132 valence electrons. The van der Waals surface area contributed by atoms with Gasteiger partial charge in [-0.1, -0.05) is 0 Å². The summed E-state index contributed by atoms with van der Waals surface area (Å²) in [5, 5.41) is 0. The quantitative estimate of drug-likeness (QED) is 0.437. The number of hydrogen-bond acceptors (Lipinski definition) is 5. The first-order valence-corrected chi connectivity index (χ1v) is 9.23. The van der Waals surface area contributed by atoms with Gasteiger partial charge >= 0.3 is 11.9 Å². The van der Waals surface area contributed by atoms with Crippen LogP contribution in [0.2, 0.25) is 0 Å². The number of hydrogen-bond donors (Lipinski definition) is 0. The number of esters is 2. The van der Waals surface area contributed by atoms with Gasteiger partial charge in [0, 0.05) is 31.6 Å². The Morgan fingerprint density at radius 3 is 2.00 bits per heavy atom. The number of ether oxygens (including phenoxy) is 2. The number of aldehydes is 1. The van der Waals surface area contributed by atoms with Gasteiger partial charge in [0.25, 0.3) is 0 Å². The van der Waals surface area contributed by atoms with Crippen molar-refractivity contribution in [1.29, 1.82) is 0 Å². The molecule has 4 aliphatic carbocycles. The maximum absolute atomic E-state index is 11.4. The van der Waals surface area contributed by atoms with Crippen LogP contribution in [-0.4, -0.2) is 31.4 Å². The van der Waals surface area contributed by atoms with Crippen molar-refractivity contribution < 1.29 is 23.9 Å². The van der Waals surface area contributed by atoms with Crippen molar-refractivity contribution in [3.05, 3.63) is 0 Å². The Kier molecular flexibility index (Phi) is 3.92. The second kappa shape index (κ2) is 5.85. The molecule has 4 saturated carbocycles. The highest BCUT2D eigenvalue weighted by atomic mass is 16.5. The topological polar surface area (TPSA) is 69.7 Å². The average molecular weight is 334 g/mol. The van der Waals surface area contributed by atoms with Crippen LogP contribution in [0.1, 0.15) is 33.1 Å². The standard InChI is InChI=1S/C19H26O5/c1-9(21)23-7-16-14-5-15(17(16)8-24-10(2)22)19-13-4-11(18(14)19)3-12(13)6-20/h6,11-19H,3-5,7-8H2,1-2H3. The van der Waals surface area contributed by atoms with Gasteiger partial charge in [-0.05, 0) is 54.8 Å². The van der Waals surface area contributed by atoms with Crippen molar-refractivity contribution >= 4 is 18.2 Å². The van der Waals surface area contributed by atoms with Crippen molar-refractivity contribution in [3.63, 3.8) is 0 Å². The Morgan fingerprint density at radius 1 is 0.875 bits per heavy atom. The van der Waals surface area contributed by atoms with Crippen LogP contribution >= 0.6 is 0 Å². The molecule has 9 unspecified atom stereocenters. The number of rotatable bonds is 5. The highest BCUT2D eigenvalue weighted by Crippen LogP contribution is 2.71. The lowest BCUT2D eigenvalue weighted by atomic mass is 9.62. The van der Waals surface area contributed by atoms with Gasteiger partial charge in [-0.3, -0.25) is 9.59 Å². The highest BCUT2D eigenvalue weighted by molar-refractivity contribution is 5.66. The molecule has 4 bridgehead atoms. The zero-order valence-corrected chi connectivity index (χ0v) is 14.4. The fourth-order valence-electron chi connectivity index (χ4n) is 7.00. The van der Waals surface area contributed by atoms with Gasteiger partial charge in [-0.25, -0.2) is 0 Å². The summed E-state index contributed by atoms with van der Waals surface area (Å²) in [5.41, 5.74) is 0. The zero-order valence-electron chi connectivity index (χ0n) is 14.4. The van der Waals surface area contributed by atoms with E-state index in [0.717, 1.165) is 12.8 Å². The molecular weight excluding hydrogens is 308 g/mol. The molecule has 0 aromatic carbocycles. The molecule has 5 nitrogen and oxygen atoms in total. The second-order valence-corrected chi connectivity index (χ2v) is 8.35. The predicted octanol–water partition coefficient (Wildman–Crippen LogP) is 2.08. The van der Waals surface area contributed by atoms with E-state index in [0.29, 0.717) is 54.6 Å². The minimum Gasteiger partial charge on any atom is -0.466 e. The van der Waals surface area contributed by atoms with E-state index in [4.69, 9.17) is 9.47 Å². The maximum atomic E-state index is 11.4. The molecule has 0 heterocycles. The monoisotopic (exact) mass is 334 g/mol. The smallest absolute Gasteiger partial charge is 0.302 e. The molecule has 0 N–H and O–H groups in total. The summed E-state index contributed by atoms with van der Waals surface area (Å²) >= 11 is 0. The van der Waals surface area contributed by atoms with E-state index >= 15 is 0 Å². The van der Waals surface area contributed by atoms with Gasteiger partial charge in [0.1, 0.15) is 6.29 Å². The lowest BCUT2D eigenvalue weighted by molar-refractivity contribution is -0.150. The number of carbonyl (C=O) groups excluding carboxylic acids is 3. The van der Waals surface area contributed by atoms with Crippen LogP contribution < -0.4 is 0 Å². The fraction of sp³-hybridized carbons (Fsp3) is 0.842. The van der Waals surface area contributed by atoms with E-state index in [1.54, 1.807) is 0 Å². The Labute approximate surface area is 142 Å². The van der Waals surface area contributed by atoms with Crippen molar-refractivity contribution in [2.75, 3.05) is 13.2 Å². The molecule has 4 fully saturated rings. The van der Waals surface area contributed by atoms with Gasteiger partial charge in [-0.2, -0.15) is 0 Å². The fourth-order valence-corrected chi connectivity index (χ4v) is 7.00. The average Bonchev–Trinajstić information content (AvgIpc) is 3.26. The summed E-state index contributed by atoms with van der Waals surface area (Å²) in [6.07, 6.45) is 4.55. The van der Waals surface area contributed by atoms with Gasteiger partial charge < -0.3 is 14.3 Å². The van der Waals surface area contributed by atoms with Crippen LogP contribution in [0.25, 0.3) is 0 Å². The van der Waals surface area contributed by atoms with E-state index in [9.17, 15) is 14.4 Å². The van der Waals surface area contributed by atoms with Crippen LogP contribution in [0.5, 0.6) is 0 Å². The van der Waals surface area contributed by atoms with Gasteiger partial charge in [0.2, 0.25) is 0 Å². The SMILES string of the molecule is CC(=O)OCC1C(COC(C)=O)C2CC1C1C3CC(C=O)C(C3)C21. The van der Waals surface area contributed by atoms with Gasteiger partial charge in [0.05, 0.1) is 13.2 Å². The summed E-state index contributed by atoms with van der Waals surface area (Å²) in [6.45, 7) is 3.76. The molecule has 0 aliphatic heterocycles. The van der Waals surface area contributed by atoms with Gasteiger partial charge in [0.15, 0.2) is 0 Å². The Morgan fingerprint density at radius 2 is 1.46 bits per heavy atom. The molecule has 0 amide bonds. The van der Waals surface area contributed by atoms with Crippen molar-refractivity contribution in [2.45, 2.75) is 33.1 Å². The molecule has 0 radical (unpaired) electrons. The highest BCUT2D eigenvalue weighted by Gasteiger charge is 2.67. The first-order chi connectivity index (χ1) is 11.5. The lowest BCUT2D eigenvalue weighted by Crippen LogP contribution is -2.43. The molecule has 0 spiro atoms. The normalized spacial score (nSPS) is 47.5. The first kappa shape index (κ1) is 16.1. The molecule has 24 heavy (non-hydrogen) atoms. The van der Waals surface area contributed by atoms with Crippen LogP contribution in [0.3, 0.4) is 0 Å². The Bertz CT molecular complexity index is 558. The van der Waals surface area contributed by atoms with Crippen molar-refractivity contribution in [2.24, 2.45) is 53.3 Å². The van der Waals surface area contributed by atoms with Crippen LogP contribution in [0.15, 0.2) is 0 Å². The lowest BCUT2D eigenvalue weighted by Gasteiger charge is -2.44. The van der Waals surface area contributed by atoms with Crippen LogP contribution in [0, 0.1) is 53.3 Å². The van der Waals surface area contributed by atoms with Crippen molar-refractivity contribution in [3.8, 4) is 0 Å². The second-order valence-electron chi connectivity index (χ2n) is 8.35. The minimum absolute atomic E-state index is 0.233. The first-order valence-electron chi connectivity index (χ1n) is 9.23. The summed E-state index contributed by atoms with van der Waals surface area (Å²) in [5.74, 6) is 3.87. The largest absolute Gasteiger partial charge is 0.466 e.